The summed E-state index contributed by atoms with van der Waals surface area (Å²) in [5.41, 5.74) is 3.66. The first kappa shape index (κ1) is 29.2. The van der Waals surface area contributed by atoms with E-state index in [1.54, 1.807) is 4.90 Å². The van der Waals surface area contributed by atoms with Gasteiger partial charge in [0.25, 0.3) is 0 Å². The van der Waals surface area contributed by atoms with Crippen molar-refractivity contribution in [1.82, 2.24) is 25.4 Å². The molecule has 0 spiro atoms. The highest BCUT2D eigenvalue weighted by Gasteiger charge is 2.40. The quantitative estimate of drug-likeness (QED) is 0.320. The van der Waals surface area contributed by atoms with Crippen LogP contribution in [0.4, 0.5) is 0 Å². The van der Waals surface area contributed by atoms with Gasteiger partial charge in [0.1, 0.15) is 24.2 Å². The second kappa shape index (κ2) is 12.8. The highest BCUT2D eigenvalue weighted by molar-refractivity contribution is 5.98. The van der Waals surface area contributed by atoms with Crippen LogP contribution in [0.5, 0.6) is 0 Å². The number of nitrogens with zero attached hydrogens (tertiary/aromatic N) is 2. The van der Waals surface area contributed by atoms with E-state index in [-0.39, 0.29) is 31.1 Å². The van der Waals surface area contributed by atoms with E-state index in [9.17, 15) is 19.2 Å². The van der Waals surface area contributed by atoms with Crippen LogP contribution in [-0.4, -0.2) is 63.8 Å². The molecule has 0 bridgehead atoms. The van der Waals surface area contributed by atoms with Crippen LogP contribution in [0.15, 0.2) is 91.1 Å². The van der Waals surface area contributed by atoms with E-state index in [0.717, 1.165) is 27.6 Å². The molecule has 3 heterocycles. The normalized spacial score (nSPS) is 22.9. The zero-order valence-electron chi connectivity index (χ0n) is 24.7. The molecule has 2 aliphatic heterocycles. The van der Waals surface area contributed by atoms with E-state index in [1.807, 2.05) is 103 Å². The smallest absolute Gasteiger partial charge is 0.246 e. The van der Waals surface area contributed by atoms with Gasteiger partial charge in [-0.1, -0.05) is 78.9 Å². The number of aromatic nitrogens is 1. The molecular weight excluding hydrogens is 554 g/mol. The predicted octanol–water partition coefficient (Wildman–Crippen LogP) is 2.67. The summed E-state index contributed by atoms with van der Waals surface area (Å²) in [5, 5.41) is 9.87. The molecule has 0 saturated carbocycles. The number of fused-ring (bicyclic) bond motifs is 2. The number of hydrogen-bond donors (Lipinski definition) is 3. The second-order valence-corrected chi connectivity index (χ2v) is 11.7. The SMILES string of the molecule is Cn1cc(C[C@@H]2NC(=O)[C@H](Cc3ccccc3)NC(=O)[C@H]3CCCN3C(=O)[C@H](Cc3ccccc3)NC2=O)c2ccccc21. The molecule has 1 aromatic heterocycles. The molecule has 0 unspecified atom stereocenters. The van der Waals surface area contributed by atoms with Gasteiger partial charge in [0.2, 0.25) is 23.6 Å². The average Bonchev–Trinajstić information content (AvgIpc) is 3.65. The molecule has 226 valence electrons. The van der Waals surface area contributed by atoms with Gasteiger partial charge in [-0.25, -0.2) is 0 Å². The fourth-order valence-corrected chi connectivity index (χ4v) is 6.44. The third-order valence-electron chi connectivity index (χ3n) is 8.69. The lowest BCUT2D eigenvalue weighted by molar-refractivity contribution is -0.143. The predicted molar refractivity (Wildman–Crippen MR) is 167 cm³/mol. The maximum atomic E-state index is 14.1. The maximum absolute atomic E-state index is 14.1. The molecule has 9 nitrogen and oxygen atoms in total. The number of amides is 4. The Hall–Kier alpha value is -4.92. The molecule has 4 amide bonds. The van der Waals surface area contributed by atoms with Gasteiger partial charge in [0.15, 0.2) is 0 Å². The van der Waals surface area contributed by atoms with Gasteiger partial charge in [-0.15, -0.1) is 0 Å². The number of carbonyl (C=O) groups is 4. The molecule has 0 radical (unpaired) electrons. The Morgan fingerprint density at radius 3 is 1.89 bits per heavy atom. The van der Waals surface area contributed by atoms with E-state index >= 15 is 0 Å². The summed E-state index contributed by atoms with van der Waals surface area (Å²) >= 11 is 0. The Morgan fingerprint density at radius 1 is 0.659 bits per heavy atom. The lowest BCUT2D eigenvalue weighted by Crippen LogP contribution is -2.62. The average molecular weight is 592 g/mol. The Kier molecular flexibility index (Phi) is 8.45. The summed E-state index contributed by atoms with van der Waals surface area (Å²) < 4.78 is 1.99. The Labute approximate surface area is 256 Å². The van der Waals surface area contributed by atoms with Crippen LogP contribution in [0.3, 0.4) is 0 Å². The van der Waals surface area contributed by atoms with E-state index in [1.165, 1.54) is 0 Å². The molecule has 0 aliphatic carbocycles. The lowest BCUT2D eigenvalue weighted by Gasteiger charge is -2.32. The van der Waals surface area contributed by atoms with E-state index in [2.05, 4.69) is 16.0 Å². The van der Waals surface area contributed by atoms with Gasteiger partial charge in [-0.05, 0) is 35.6 Å². The van der Waals surface area contributed by atoms with Crippen LogP contribution >= 0.6 is 0 Å². The molecule has 9 heteroatoms. The zero-order valence-corrected chi connectivity index (χ0v) is 24.7. The Bertz CT molecular complexity index is 1670. The number of hydrogen-bond acceptors (Lipinski definition) is 4. The lowest BCUT2D eigenvalue weighted by atomic mass is 9.99. The fourth-order valence-electron chi connectivity index (χ4n) is 6.44. The zero-order chi connectivity index (χ0) is 30.6. The fraction of sp³-hybridized carbons (Fsp3) is 0.314. The minimum Gasteiger partial charge on any atom is -0.350 e. The maximum Gasteiger partial charge on any atom is 0.246 e. The van der Waals surface area contributed by atoms with Crippen molar-refractivity contribution in [3.05, 3.63) is 108 Å². The number of aryl methyl sites for hydroxylation is 1. The summed E-state index contributed by atoms with van der Waals surface area (Å²) in [6.07, 6.45) is 3.84. The molecule has 44 heavy (non-hydrogen) atoms. The van der Waals surface area contributed by atoms with E-state index in [0.29, 0.717) is 19.4 Å². The molecule has 4 atom stereocenters. The highest BCUT2D eigenvalue weighted by atomic mass is 16.2. The molecule has 3 N–H and O–H groups in total. The Morgan fingerprint density at radius 2 is 1.20 bits per heavy atom. The summed E-state index contributed by atoms with van der Waals surface area (Å²) in [7, 11) is 1.94. The van der Waals surface area contributed by atoms with Crippen LogP contribution in [0, 0.1) is 0 Å². The van der Waals surface area contributed by atoms with Crippen molar-refractivity contribution in [3.8, 4) is 0 Å². The number of nitrogens with one attached hydrogen (secondary N) is 3. The largest absolute Gasteiger partial charge is 0.350 e. The molecule has 2 saturated heterocycles. The molecule has 2 fully saturated rings. The van der Waals surface area contributed by atoms with Crippen LogP contribution in [0.25, 0.3) is 10.9 Å². The highest BCUT2D eigenvalue weighted by Crippen LogP contribution is 2.23. The van der Waals surface area contributed by atoms with Crippen LogP contribution < -0.4 is 16.0 Å². The summed E-state index contributed by atoms with van der Waals surface area (Å²) in [4.78, 5) is 57.3. The van der Waals surface area contributed by atoms with Crippen LogP contribution in [0.1, 0.15) is 29.5 Å². The minimum absolute atomic E-state index is 0.212. The van der Waals surface area contributed by atoms with Gasteiger partial charge in [-0.3, -0.25) is 19.2 Å². The molecule has 4 aromatic rings. The van der Waals surface area contributed by atoms with Gasteiger partial charge in [0, 0.05) is 50.0 Å². The first-order chi connectivity index (χ1) is 21.4. The molecule has 2 aliphatic rings. The van der Waals surface area contributed by atoms with Gasteiger partial charge >= 0.3 is 0 Å². The van der Waals surface area contributed by atoms with Crippen molar-refractivity contribution in [2.75, 3.05) is 6.54 Å². The van der Waals surface area contributed by atoms with Crippen molar-refractivity contribution < 1.29 is 19.2 Å². The van der Waals surface area contributed by atoms with Crippen molar-refractivity contribution in [1.29, 1.82) is 0 Å². The van der Waals surface area contributed by atoms with E-state index < -0.39 is 36.0 Å². The second-order valence-electron chi connectivity index (χ2n) is 11.7. The molecule has 6 rings (SSSR count). The Balaban J connectivity index is 1.37. The van der Waals surface area contributed by atoms with Crippen molar-refractivity contribution in [2.24, 2.45) is 7.05 Å². The third-order valence-corrected chi connectivity index (χ3v) is 8.69. The standard InChI is InChI=1S/C35H37N5O4/c1-39-22-25(26-15-8-9-16-30(26)39)21-28-33(42)38-29(20-24-13-6-3-7-14-24)35(44)40-18-10-17-31(40)34(43)37-27(32(41)36-28)19-23-11-4-2-5-12-23/h2-9,11-16,22,27-29,31H,10,17-21H2,1H3,(H,36,41)(H,37,43)(H,38,42)/t27-,28-,29-,31+/m0/s1. The van der Waals surface area contributed by atoms with Gasteiger partial charge in [0.05, 0.1) is 0 Å². The van der Waals surface area contributed by atoms with Crippen LogP contribution in [0.2, 0.25) is 0 Å². The van der Waals surface area contributed by atoms with Crippen molar-refractivity contribution >= 4 is 34.5 Å². The number of rotatable bonds is 6. The topological polar surface area (TPSA) is 113 Å². The number of carbonyl (C=O) groups excluding carboxylic acids is 4. The van der Waals surface area contributed by atoms with Gasteiger partial charge in [-0.2, -0.15) is 0 Å². The summed E-state index contributed by atoms with van der Waals surface area (Å²) in [6, 6.07) is 23.3. The number of benzene rings is 3. The first-order valence-electron chi connectivity index (χ1n) is 15.2. The minimum atomic E-state index is -0.983. The third kappa shape index (κ3) is 6.22. The summed E-state index contributed by atoms with van der Waals surface area (Å²) in [6.45, 7) is 0.410. The molecular formula is C35H37N5O4. The van der Waals surface area contributed by atoms with E-state index in [4.69, 9.17) is 0 Å². The number of para-hydroxylation sites is 1. The van der Waals surface area contributed by atoms with Crippen LogP contribution in [-0.2, 0) is 45.5 Å². The van der Waals surface area contributed by atoms with Gasteiger partial charge < -0.3 is 25.4 Å². The monoisotopic (exact) mass is 591 g/mol. The van der Waals surface area contributed by atoms with Crippen molar-refractivity contribution in [3.63, 3.8) is 0 Å². The molecule has 3 aromatic carbocycles. The summed E-state index contributed by atoms with van der Waals surface area (Å²) in [5.74, 6) is -1.54. The van der Waals surface area contributed by atoms with Crippen molar-refractivity contribution in [2.45, 2.75) is 56.3 Å². The first-order valence-corrected chi connectivity index (χ1v) is 15.2.